The molecule has 3 rings (SSSR count). The Labute approximate surface area is 147 Å². The van der Waals surface area contributed by atoms with Crippen molar-refractivity contribution in [2.75, 3.05) is 6.61 Å². The van der Waals surface area contributed by atoms with Crippen LogP contribution in [-0.4, -0.2) is 27.9 Å². The van der Waals surface area contributed by atoms with Crippen molar-refractivity contribution < 1.29 is 23.1 Å². The standard InChI is InChI=1S/C18H15FN2O5/c1-3-25-18(24)14-10(2)26-16-15(14)17(23)21(9-20-16)8-13(22)11-6-4-5-7-12(11)19/h4-7,9H,3,8H2,1-2H3. The lowest BCUT2D eigenvalue weighted by molar-refractivity contribution is 0.0526. The Balaban J connectivity index is 2.06. The van der Waals surface area contributed by atoms with Crippen LogP contribution in [0.25, 0.3) is 11.1 Å². The molecule has 0 bridgehead atoms. The number of benzene rings is 1. The van der Waals surface area contributed by atoms with E-state index in [1.807, 2.05) is 0 Å². The molecular weight excluding hydrogens is 343 g/mol. The van der Waals surface area contributed by atoms with Gasteiger partial charge in [0.25, 0.3) is 5.56 Å². The summed E-state index contributed by atoms with van der Waals surface area (Å²) in [6, 6.07) is 5.49. The Kier molecular flexibility index (Phi) is 4.66. The summed E-state index contributed by atoms with van der Waals surface area (Å²) in [5, 5.41) is -0.0650. The van der Waals surface area contributed by atoms with Crippen LogP contribution in [0.1, 0.15) is 33.4 Å². The molecule has 0 aliphatic rings. The van der Waals surface area contributed by atoms with Crippen molar-refractivity contribution in [3.05, 3.63) is 63.7 Å². The summed E-state index contributed by atoms with van der Waals surface area (Å²) in [6.45, 7) is 2.86. The Morgan fingerprint density at radius 1 is 1.31 bits per heavy atom. The first-order chi connectivity index (χ1) is 12.4. The van der Waals surface area contributed by atoms with Gasteiger partial charge in [-0.1, -0.05) is 12.1 Å². The maximum Gasteiger partial charge on any atom is 0.342 e. The molecule has 0 saturated heterocycles. The molecular formula is C18H15FN2O5. The highest BCUT2D eigenvalue weighted by molar-refractivity contribution is 6.03. The predicted octanol–water partition coefficient (Wildman–Crippen LogP) is 2.50. The smallest absolute Gasteiger partial charge is 0.342 e. The molecule has 0 fully saturated rings. The highest BCUT2D eigenvalue weighted by Gasteiger charge is 2.24. The molecule has 2 heterocycles. The monoisotopic (exact) mass is 358 g/mol. The maximum absolute atomic E-state index is 13.8. The van der Waals surface area contributed by atoms with Crippen LogP contribution in [0.2, 0.25) is 0 Å². The number of hydrogen-bond acceptors (Lipinski definition) is 6. The number of halogens is 1. The van der Waals surface area contributed by atoms with Crippen molar-refractivity contribution in [1.82, 2.24) is 9.55 Å². The molecule has 0 spiro atoms. The lowest BCUT2D eigenvalue weighted by Crippen LogP contribution is -2.26. The lowest BCUT2D eigenvalue weighted by Gasteiger charge is -2.06. The van der Waals surface area contributed by atoms with Gasteiger partial charge in [-0.15, -0.1) is 0 Å². The van der Waals surface area contributed by atoms with Crippen LogP contribution in [0.4, 0.5) is 4.39 Å². The number of ketones is 1. The number of fused-ring (bicyclic) bond motifs is 1. The Morgan fingerprint density at radius 2 is 2.04 bits per heavy atom. The number of aryl methyl sites for hydroxylation is 1. The lowest BCUT2D eigenvalue weighted by atomic mass is 10.1. The molecule has 0 amide bonds. The summed E-state index contributed by atoms with van der Waals surface area (Å²) in [6.07, 6.45) is 1.13. The zero-order valence-corrected chi connectivity index (χ0v) is 14.1. The van der Waals surface area contributed by atoms with Gasteiger partial charge in [0.1, 0.15) is 28.9 Å². The number of Topliss-reactive ketones (excluding diaryl/α,β-unsaturated/α-hetero) is 1. The fourth-order valence-electron chi connectivity index (χ4n) is 2.63. The van der Waals surface area contributed by atoms with Gasteiger partial charge in [-0.05, 0) is 26.0 Å². The van der Waals surface area contributed by atoms with Crippen LogP contribution in [0.5, 0.6) is 0 Å². The van der Waals surface area contributed by atoms with Crippen LogP contribution in [0.15, 0.2) is 39.8 Å². The molecule has 0 N–H and O–H groups in total. The zero-order valence-electron chi connectivity index (χ0n) is 14.1. The Hall–Kier alpha value is -3.29. The summed E-state index contributed by atoms with van der Waals surface area (Å²) in [4.78, 5) is 41.1. The number of carbonyl (C=O) groups is 2. The van der Waals surface area contributed by atoms with E-state index >= 15 is 0 Å². The first-order valence-electron chi connectivity index (χ1n) is 7.87. The van der Waals surface area contributed by atoms with E-state index in [4.69, 9.17) is 9.15 Å². The van der Waals surface area contributed by atoms with Crippen molar-refractivity contribution in [2.24, 2.45) is 0 Å². The normalized spacial score (nSPS) is 10.9. The average molecular weight is 358 g/mol. The highest BCUT2D eigenvalue weighted by atomic mass is 19.1. The third kappa shape index (κ3) is 3.01. The number of rotatable bonds is 5. The molecule has 0 unspecified atom stereocenters. The summed E-state index contributed by atoms with van der Waals surface area (Å²) >= 11 is 0. The van der Waals surface area contributed by atoms with Crippen molar-refractivity contribution in [3.63, 3.8) is 0 Å². The van der Waals surface area contributed by atoms with E-state index in [0.29, 0.717) is 0 Å². The molecule has 0 saturated carbocycles. The first-order valence-corrected chi connectivity index (χ1v) is 7.87. The van der Waals surface area contributed by atoms with Gasteiger partial charge in [-0.2, -0.15) is 0 Å². The SMILES string of the molecule is CCOC(=O)c1c(C)oc2ncn(CC(=O)c3ccccc3F)c(=O)c12. The Morgan fingerprint density at radius 3 is 2.73 bits per heavy atom. The number of hydrogen-bond donors (Lipinski definition) is 0. The van der Waals surface area contributed by atoms with Crippen molar-refractivity contribution in [1.29, 1.82) is 0 Å². The second-order valence-electron chi connectivity index (χ2n) is 5.51. The summed E-state index contributed by atoms with van der Waals surface area (Å²) in [5.74, 6) is -1.78. The quantitative estimate of drug-likeness (QED) is 0.514. The minimum Gasteiger partial charge on any atom is -0.462 e. The van der Waals surface area contributed by atoms with Crippen molar-refractivity contribution in [2.45, 2.75) is 20.4 Å². The number of esters is 1. The van der Waals surface area contributed by atoms with E-state index in [-0.39, 0.29) is 34.6 Å². The molecule has 0 aliphatic heterocycles. The van der Waals surface area contributed by atoms with Gasteiger partial charge in [-0.25, -0.2) is 14.2 Å². The molecule has 8 heteroatoms. The minimum atomic E-state index is -0.708. The first kappa shape index (κ1) is 17.5. The van der Waals surface area contributed by atoms with Gasteiger partial charge in [0.2, 0.25) is 5.71 Å². The van der Waals surface area contributed by atoms with E-state index in [2.05, 4.69) is 4.98 Å². The van der Waals surface area contributed by atoms with Crippen LogP contribution in [-0.2, 0) is 11.3 Å². The number of carbonyl (C=O) groups excluding carboxylic acids is 2. The number of aromatic nitrogens is 2. The average Bonchev–Trinajstić information content (AvgIpc) is 2.95. The van der Waals surface area contributed by atoms with Gasteiger partial charge in [0.15, 0.2) is 5.78 Å². The fourth-order valence-corrected chi connectivity index (χ4v) is 2.63. The molecule has 26 heavy (non-hydrogen) atoms. The second-order valence-corrected chi connectivity index (χ2v) is 5.51. The number of furan rings is 1. The third-order valence-corrected chi connectivity index (χ3v) is 3.82. The molecule has 1 aromatic carbocycles. The number of ether oxygens (including phenoxy) is 1. The van der Waals surface area contributed by atoms with Crippen LogP contribution < -0.4 is 5.56 Å². The molecule has 0 atom stereocenters. The molecule has 0 radical (unpaired) electrons. The van der Waals surface area contributed by atoms with E-state index in [9.17, 15) is 18.8 Å². The maximum atomic E-state index is 13.8. The van der Waals surface area contributed by atoms with Crippen LogP contribution in [0, 0.1) is 12.7 Å². The molecule has 134 valence electrons. The predicted molar refractivity (Wildman–Crippen MR) is 89.7 cm³/mol. The zero-order chi connectivity index (χ0) is 18.8. The topological polar surface area (TPSA) is 91.4 Å². The van der Waals surface area contributed by atoms with Crippen molar-refractivity contribution >= 4 is 22.9 Å². The van der Waals surface area contributed by atoms with Gasteiger partial charge in [0.05, 0.1) is 18.7 Å². The van der Waals surface area contributed by atoms with Gasteiger partial charge >= 0.3 is 5.97 Å². The molecule has 7 nitrogen and oxygen atoms in total. The van der Waals surface area contributed by atoms with Crippen molar-refractivity contribution in [3.8, 4) is 0 Å². The second kappa shape index (κ2) is 6.91. The summed E-state index contributed by atoms with van der Waals surface area (Å²) in [7, 11) is 0. The largest absolute Gasteiger partial charge is 0.462 e. The highest BCUT2D eigenvalue weighted by Crippen LogP contribution is 2.21. The van der Waals surface area contributed by atoms with Gasteiger partial charge < -0.3 is 9.15 Å². The van der Waals surface area contributed by atoms with Gasteiger partial charge in [0, 0.05) is 0 Å². The summed E-state index contributed by atoms with van der Waals surface area (Å²) < 4.78 is 25.0. The fraction of sp³-hybridized carbons (Fsp3) is 0.222. The van der Waals surface area contributed by atoms with Crippen LogP contribution >= 0.6 is 0 Å². The van der Waals surface area contributed by atoms with E-state index in [1.165, 1.54) is 25.1 Å². The van der Waals surface area contributed by atoms with E-state index < -0.39 is 29.7 Å². The van der Waals surface area contributed by atoms with Gasteiger partial charge in [-0.3, -0.25) is 14.2 Å². The van der Waals surface area contributed by atoms with E-state index in [1.54, 1.807) is 6.92 Å². The molecule has 3 aromatic rings. The number of nitrogens with zero attached hydrogens (tertiary/aromatic N) is 2. The van der Waals surface area contributed by atoms with Crippen LogP contribution in [0.3, 0.4) is 0 Å². The molecule has 2 aromatic heterocycles. The minimum absolute atomic E-state index is 0.0213. The third-order valence-electron chi connectivity index (χ3n) is 3.82. The summed E-state index contributed by atoms with van der Waals surface area (Å²) in [5.41, 5.74) is -0.815. The van der Waals surface area contributed by atoms with E-state index in [0.717, 1.165) is 17.0 Å². The Bertz CT molecular complexity index is 1070. The molecule has 0 aliphatic carbocycles.